The maximum atomic E-state index is 11.9. The second kappa shape index (κ2) is 8.28. The molecule has 0 unspecified atom stereocenters. The molecule has 9 heteroatoms. The Morgan fingerprint density at radius 1 is 1.30 bits per heavy atom. The van der Waals surface area contributed by atoms with Crippen LogP contribution in [0.4, 0.5) is 0 Å². The topological polar surface area (TPSA) is 102 Å². The van der Waals surface area contributed by atoms with Crippen LogP contribution in [0, 0.1) is 0 Å². The van der Waals surface area contributed by atoms with E-state index in [2.05, 4.69) is 26.2 Å². The summed E-state index contributed by atoms with van der Waals surface area (Å²) in [6.45, 7) is 3.99. The zero-order chi connectivity index (χ0) is 16.7. The number of carbonyl (C=O) groups excluding carboxylic acids is 2. The van der Waals surface area contributed by atoms with Crippen molar-refractivity contribution in [2.75, 3.05) is 12.3 Å². The van der Waals surface area contributed by atoms with E-state index in [4.69, 9.17) is 0 Å². The van der Waals surface area contributed by atoms with Crippen LogP contribution in [-0.2, 0) is 9.59 Å². The van der Waals surface area contributed by atoms with Gasteiger partial charge in [-0.2, -0.15) is 4.68 Å². The van der Waals surface area contributed by atoms with Gasteiger partial charge in [0.1, 0.15) is 6.04 Å². The lowest BCUT2D eigenvalue weighted by Crippen LogP contribution is -2.45. The molecule has 0 radical (unpaired) electrons. The van der Waals surface area contributed by atoms with Gasteiger partial charge in [0.25, 0.3) is 0 Å². The quantitative estimate of drug-likeness (QED) is 0.711. The molecule has 0 spiro atoms. The van der Waals surface area contributed by atoms with Gasteiger partial charge in [0.05, 0.1) is 11.4 Å². The van der Waals surface area contributed by atoms with E-state index >= 15 is 0 Å². The van der Waals surface area contributed by atoms with Crippen LogP contribution in [0.25, 0.3) is 5.69 Å². The molecule has 0 aliphatic heterocycles. The second-order valence-electron chi connectivity index (χ2n) is 4.68. The number of rotatable bonds is 7. The third-order valence-electron chi connectivity index (χ3n) is 2.90. The Bertz CT molecular complexity index is 660. The Hall–Kier alpha value is -2.42. The summed E-state index contributed by atoms with van der Waals surface area (Å²) in [6.07, 6.45) is 0. The largest absolute Gasteiger partial charge is 0.355 e. The SMILES string of the molecule is CCNC(=O)[C@@H](C)NC(=O)CSc1nnnn1-c1ccccc1. The van der Waals surface area contributed by atoms with Gasteiger partial charge in [-0.15, -0.1) is 5.10 Å². The molecule has 122 valence electrons. The first kappa shape index (κ1) is 16.9. The molecule has 1 atom stereocenters. The fraction of sp³-hybridized carbons (Fsp3) is 0.357. The van der Waals surface area contributed by atoms with Gasteiger partial charge in [-0.1, -0.05) is 30.0 Å². The first-order valence-corrected chi connectivity index (χ1v) is 8.14. The van der Waals surface area contributed by atoms with Gasteiger partial charge in [0.15, 0.2) is 0 Å². The van der Waals surface area contributed by atoms with Crippen molar-refractivity contribution in [3.05, 3.63) is 30.3 Å². The summed E-state index contributed by atoms with van der Waals surface area (Å²) >= 11 is 1.21. The van der Waals surface area contributed by atoms with Crippen LogP contribution in [0.2, 0.25) is 0 Å². The van der Waals surface area contributed by atoms with Gasteiger partial charge < -0.3 is 10.6 Å². The number of thioether (sulfide) groups is 1. The first-order valence-electron chi connectivity index (χ1n) is 7.15. The Morgan fingerprint density at radius 2 is 2.04 bits per heavy atom. The van der Waals surface area contributed by atoms with Crippen LogP contribution in [0.1, 0.15) is 13.8 Å². The summed E-state index contributed by atoms with van der Waals surface area (Å²) < 4.78 is 1.56. The van der Waals surface area contributed by atoms with Crippen molar-refractivity contribution in [3.63, 3.8) is 0 Å². The van der Waals surface area contributed by atoms with E-state index in [0.717, 1.165) is 5.69 Å². The molecule has 8 nitrogen and oxygen atoms in total. The van der Waals surface area contributed by atoms with Gasteiger partial charge in [-0.05, 0) is 36.4 Å². The number of hydrogen-bond acceptors (Lipinski definition) is 6. The zero-order valence-electron chi connectivity index (χ0n) is 12.9. The van der Waals surface area contributed by atoms with Crippen molar-refractivity contribution in [3.8, 4) is 5.69 Å². The smallest absolute Gasteiger partial charge is 0.242 e. The maximum absolute atomic E-state index is 11.9. The van der Waals surface area contributed by atoms with Gasteiger partial charge in [-0.25, -0.2) is 0 Å². The van der Waals surface area contributed by atoms with E-state index in [9.17, 15) is 9.59 Å². The lowest BCUT2D eigenvalue weighted by atomic mass is 10.3. The van der Waals surface area contributed by atoms with Crippen molar-refractivity contribution in [1.82, 2.24) is 30.8 Å². The highest BCUT2D eigenvalue weighted by Crippen LogP contribution is 2.17. The lowest BCUT2D eigenvalue weighted by molar-refractivity contribution is -0.127. The minimum absolute atomic E-state index is 0.122. The molecule has 1 aromatic carbocycles. The lowest BCUT2D eigenvalue weighted by Gasteiger charge is -2.12. The number of nitrogens with one attached hydrogen (secondary N) is 2. The molecule has 2 amide bonds. The standard InChI is InChI=1S/C14H18N6O2S/c1-3-15-13(22)10(2)16-12(21)9-23-14-17-18-19-20(14)11-7-5-4-6-8-11/h4-8,10H,3,9H2,1-2H3,(H,15,22)(H,16,21)/t10-/m1/s1. The van der Waals surface area contributed by atoms with Crippen LogP contribution >= 0.6 is 11.8 Å². The molecule has 0 aliphatic carbocycles. The summed E-state index contributed by atoms with van der Waals surface area (Å²) in [4.78, 5) is 23.5. The van der Waals surface area contributed by atoms with E-state index in [-0.39, 0.29) is 17.6 Å². The number of para-hydroxylation sites is 1. The van der Waals surface area contributed by atoms with Crippen molar-refractivity contribution in [1.29, 1.82) is 0 Å². The normalized spacial score (nSPS) is 11.7. The average molecular weight is 334 g/mol. The van der Waals surface area contributed by atoms with E-state index in [1.165, 1.54) is 11.8 Å². The molecule has 2 N–H and O–H groups in total. The highest BCUT2D eigenvalue weighted by molar-refractivity contribution is 7.99. The molecule has 0 fully saturated rings. The third kappa shape index (κ3) is 4.78. The fourth-order valence-corrected chi connectivity index (χ4v) is 2.51. The molecule has 1 heterocycles. The van der Waals surface area contributed by atoms with Gasteiger partial charge in [0.2, 0.25) is 17.0 Å². The van der Waals surface area contributed by atoms with Crippen LogP contribution in [0.3, 0.4) is 0 Å². The second-order valence-corrected chi connectivity index (χ2v) is 5.62. The van der Waals surface area contributed by atoms with E-state index in [1.807, 2.05) is 37.3 Å². The Labute approximate surface area is 138 Å². The van der Waals surface area contributed by atoms with Crippen molar-refractivity contribution >= 4 is 23.6 Å². The Kier molecular flexibility index (Phi) is 6.10. The van der Waals surface area contributed by atoms with E-state index in [0.29, 0.717) is 11.7 Å². The molecule has 0 aliphatic rings. The highest BCUT2D eigenvalue weighted by atomic mass is 32.2. The molecule has 2 aromatic rings. The van der Waals surface area contributed by atoms with Gasteiger partial charge in [0, 0.05) is 6.54 Å². The summed E-state index contributed by atoms with van der Waals surface area (Å²) in [5, 5.41) is 17.3. The maximum Gasteiger partial charge on any atom is 0.242 e. The molecule has 0 saturated carbocycles. The van der Waals surface area contributed by atoms with Crippen LogP contribution < -0.4 is 10.6 Å². The summed E-state index contributed by atoms with van der Waals surface area (Å²) in [7, 11) is 0. The summed E-state index contributed by atoms with van der Waals surface area (Å²) in [6, 6.07) is 8.83. The number of aromatic nitrogens is 4. The number of likely N-dealkylation sites (N-methyl/N-ethyl adjacent to an activating group) is 1. The number of tetrazole rings is 1. The van der Waals surface area contributed by atoms with Gasteiger partial charge in [-0.3, -0.25) is 9.59 Å². The molecule has 1 aromatic heterocycles. The molecule has 23 heavy (non-hydrogen) atoms. The van der Waals surface area contributed by atoms with Crippen LogP contribution in [-0.4, -0.2) is 50.4 Å². The molecular weight excluding hydrogens is 316 g/mol. The molecule has 0 bridgehead atoms. The van der Waals surface area contributed by atoms with Crippen molar-refractivity contribution in [2.24, 2.45) is 0 Å². The van der Waals surface area contributed by atoms with Crippen molar-refractivity contribution in [2.45, 2.75) is 25.0 Å². The first-order chi connectivity index (χ1) is 11.1. The Morgan fingerprint density at radius 3 is 2.74 bits per heavy atom. The predicted molar refractivity (Wildman–Crippen MR) is 86.2 cm³/mol. The number of benzene rings is 1. The summed E-state index contributed by atoms with van der Waals surface area (Å²) in [5.74, 6) is -0.340. The minimum atomic E-state index is -0.576. The minimum Gasteiger partial charge on any atom is -0.355 e. The zero-order valence-corrected chi connectivity index (χ0v) is 13.7. The van der Waals surface area contributed by atoms with Crippen LogP contribution in [0.15, 0.2) is 35.5 Å². The number of carbonyl (C=O) groups is 2. The van der Waals surface area contributed by atoms with E-state index in [1.54, 1.807) is 11.6 Å². The fourth-order valence-electron chi connectivity index (χ4n) is 1.81. The molecule has 0 saturated heterocycles. The molecular formula is C14H18N6O2S. The van der Waals surface area contributed by atoms with E-state index < -0.39 is 6.04 Å². The molecule has 2 rings (SSSR count). The average Bonchev–Trinajstić information content (AvgIpc) is 3.02. The summed E-state index contributed by atoms with van der Waals surface area (Å²) in [5.41, 5.74) is 0.816. The third-order valence-corrected chi connectivity index (χ3v) is 3.82. The van der Waals surface area contributed by atoms with Crippen LogP contribution in [0.5, 0.6) is 0 Å². The van der Waals surface area contributed by atoms with Gasteiger partial charge >= 0.3 is 0 Å². The highest BCUT2D eigenvalue weighted by Gasteiger charge is 2.16. The monoisotopic (exact) mass is 334 g/mol. The number of hydrogen-bond donors (Lipinski definition) is 2. The number of nitrogens with zero attached hydrogens (tertiary/aromatic N) is 4. The number of amides is 2. The van der Waals surface area contributed by atoms with Crippen molar-refractivity contribution < 1.29 is 9.59 Å². The predicted octanol–water partition coefficient (Wildman–Crippen LogP) is 0.395. The Balaban J connectivity index is 1.91.